The second-order valence-electron chi connectivity index (χ2n) is 3.37. The average Bonchev–Trinajstić information content (AvgIpc) is 2.09. The van der Waals surface area contributed by atoms with Gasteiger partial charge >= 0.3 is 17.9 Å². The van der Waals surface area contributed by atoms with Gasteiger partial charge in [0.15, 0.2) is 0 Å². The minimum Gasteiger partial charge on any atom is -0.166 e. The molecule has 0 saturated heterocycles. The molecule has 0 saturated carbocycles. The van der Waals surface area contributed by atoms with Crippen LogP contribution in [0.25, 0.3) is 0 Å². The van der Waals surface area contributed by atoms with Crippen molar-refractivity contribution < 1.29 is 39.5 Å². The molecule has 0 aliphatic rings. The summed E-state index contributed by atoms with van der Waals surface area (Å²) in [6.45, 7) is 0. The first-order valence-electron chi connectivity index (χ1n) is 4.45. The van der Waals surface area contributed by atoms with Crippen molar-refractivity contribution >= 4 is 27.7 Å². The molecule has 0 aliphatic carbocycles. The second kappa shape index (κ2) is 5.32. The predicted molar refractivity (Wildman–Crippen MR) is 56.1 cm³/mol. The van der Waals surface area contributed by atoms with E-state index in [1.807, 2.05) is 0 Å². The summed E-state index contributed by atoms with van der Waals surface area (Å²) in [7, 11) is 0. The van der Waals surface area contributed by atoms with Crippen molar-refractivity contribution in [3.05, 3.63) is 27.7 Å². The van der Waals surface area contributed by atoms with Gasteiger partial charge in [0.05, 0.1) is 11.1 Å². The lowest BCUT2D eigenvalue weighted by Gasteiger charge is -2.18. The van der Waals surface area contributed by atoms with E-state index in [0.29, 0.717) is 6.07 Å². The van der Waals surface area contributed by atoms with Gasteiger partial charge in [-0.05, 0) is 23.9 Å². The molecule has 0 radical (unpaired) electrons. The number of thioether (sulfide) groups is 1. The van der Waals surface area contributed by atoms with Crippen LogP contribution in [0.2, 0.25) is 0 Å². The van der Waals surface area contributed by atoms with E-state index in [0.717, 1.165) is 0 Å². The topological polar surface area (TPSA) is 0 Å². The Hall–Kier alpha value is -0.580. The van der Waals surface area contributed by atoms with E-state index in [9.17, 15) is 39.5 Å². The summed E-state index contributed by atoms with van der Waals surface area (Å²) in [5, 5.41) is 0. The molecule has 0 nitrogen and oxygen atoms in total. The fourth-order valence-corrected chi connectivity index (χ4v) is 2.74. The van der Waals surface area contributed by atoms with Crippen LogP contribution in [0.15, 0.2) is 21.5 Å². The smallest absolute Gasteiger partial charge is 0.166 e. The average molecular weight is 393 g/mol. The summed E-state index contributed by atoms with van der Waals surface area (Å²) in [5.41, 5.74) is -9.15. The second-order valence-corrected chi connectivity index (χ2v) is 5.36. The molecular formula is C9H2BrF9S. The third-order valence-electron chi connectivity index (χ3n) is 1.89. The molecular weight excluding hydrogens is 391 g/mol. The molecule has 1 aromatic rings. The molecule has 11 heteroatoms. The molecule has 0 amide bonds. The molecule has 0 spiro atoms. The standard InChI is InChI=1S/C9H2BrF9S/c10-5-2-3(20-9(17,18)19)1-4(7(11,12)13)6(5)8(14,15)16/h1-2H. The molecule has 1 rings (SSSR count). The molecule has 0 N–H and O–H groups in total. The third kappa shape index (κ3) is 4.47. The quantitative estimate of drug-likeness (QED) is 0.411. The molecule has 0 aliphatic heterocycles. The van der Waals surface area contributed by atoms with Crippen LogP contribution >= 0.6 is 27.7 Å². The lowest BCUT2D eigenvalue weighted by Crippen LogP contribution is -2.17. The van der Waals surface area contributed by atoms with Crippen LogP contribution in [0.3, 0.4) is 0 Å². The minimum absolute atomic E-state index is 0.175. The number of alkyl halides is 9. The summed E-state index contributed by atoms with van der Waals surface area (Å²) < 4.78 is 110. The Labute approximate surface area is 118 Å². The number of halogens is 10. The van der Waals surface area contributed by atoms with Crippen LogP contribution in [0, 0.1) is 0 Å². The molecule has 0 fully saturated rings. The van der Waals surface area contributed by atoms with Crippen molar-refractivity contribution in [1.82, 2.24) is 0 Å². The zero-order valence-electron chi connectivity index (χ0n) is 8.84. The summed E-state index contributed by atoms with van der Waals surface area (Å²) in [6, 6.07) is 0.169. The molecule has 1 aromatic carbocycles. The van der Waals surface area contributed by atoms with Crippen molar-refractivity contribution in [3.63, 3.8) is 0 Å². The van der Waals surface area contributed by atoms with Gasteiger partial charge in [-0.1, -0.05) is 15.9 Å². The van der Waals surface area contributed by atoms with Crippen LogP contribution < -0.4 is 0 Å². The third-order valence-corrected chi connectivity index (χ3v) is 3.21. The Morgan fingerprint density at radius 1 is 0.800 bits per heavy atom. The number of hydrogen-bond acceptors (Lipinski definition) is 1. The Morgan fingerprint density at radius 3 is 1.65 bits per heavy atom. The van der Waals surface area contributed by atoms with Gasteiger partial charge in [-0.15, -0.1) is 0 Å². The van der Waals surface area contributed by atoms with E-state index in [1.54, 1.807) is 0 Å². The van der Waals surface area contributed by atoms with Crippen LogP contribution in [0.1, 0.15) is 11.1 Å². The Morgan fingerprint density at radius 2 is 1.30 bits per heavy atom. The summed E-state index contributed by atoms with van der Waals surface area (Å²) >= 11 is 1.30. The fraction of sp³-hybridized carbons (Fsp3) is 0.333. The maximum Gasteiger partial charge on any atom is 0.446 e. The Kier molecular flexibility index (Phi) is 4.65. The molecule has 0 aromatic heterocycles. The highest BCUT2D eigenvalue weighted by atomic mass is 79.9. The summed E-state index contributed by atoms with van der Waals surface area (Å²) in [5.74, 6) is 0. The van der Waals surface area contributed by atoms with Crippen molar-refractivity contribution in [2.75, 3.05) is 0 Å². The molecule has 114 valence electrons. The minimum atomic E-state index is -5.43. The highest BCUT2D eigenvalue weighted by Crippen LogP contribution is 2.47. The summed E-state index contributed by atoms with van der Waals surface area (Å²) in [6.07, 6.45) is -10.8. The SMILES string of the molecule is FC(F)(F)Sc1cc(Br)c(C(F)(F)F)c(C(F)(F)F)c1. The normalized spacial score (nSPS) is 13.7. The zero-order valence-corrected chi connectivity index (χ0v) is 11.2. The maximum atomic E-state index is 12.6. The first kappa shape index (κ1) is 17.5. The van der Waals surface area contributed by atoms with Crippen molar-refractivity contribution in [1.29, 1.82) is 0 Å². The fourth-order valence-electron chi connectivity index (χ4n) is 1.29. The number of rotatable bonds is 1. The van der Waals surface area contributed by atoms with E-state index in [-0.39, 0.29) is 6.07 Å². The lowest BCUT2D eigenvalue weighted by molar-refractivity contribution is -0.162. The molecule has 0 heterocycles. The number of benzene rings is 1. The highest BCUT2D eigenvalue weighted by Gasteiger charge is 2.45. The van der Waals surface area contributed by atoms with Gasteiger partial charge in [0.2, 0.25) is 0 Å². The maximum absolute atomic E-state index is 12.6. The van der Waals surface area contributed by atoms with Gasteiger partial charge in [0.25, 0.3) is 0 Å². The largest absolute Gasteiger partial charge is 0.446 e. The van der Waals surface area contributed by atoms with E-state index in [4.69, 9.17) is 0 Å². The van der Waals surface area contributed by atoms with Gasteiger partial charge in [-0.25, -0.2) is 0 Å². The van der Waals surface area contributed by atoms with Gasteiger partial charge in [-0.3, -0.25) is 0 Å². The Bertz CT molecular complexity index is 500. The van der Waals surface area contributed by atoms with Crippen LogP contribution in [-0.4, -0.2) is 5.51 Å². The first-order chi connectivity index (χ1) is 8.72. The summed E-state index contributed by atoms with van der Waals surface area (Å²) in [4.78, 5) is -0.996. The van der Waals surface area contributed by atoms with E-state index >= 15 is 0 Å². The van der Waals surface area contributed by atoms with Crippen molar-refractivity contribution in [2.24, 2.45) is 0 Å². The van der Waals surface area contributed by atoms with Gasteiger partial charge in [-0.2, -0.15) is 39.5 Å². The van der Waals surface area contributed by atoms with Crippen molar-refractivity contribution in [3.8, 4) is 0 Å². The van der Waals surface area contributed by atoms with E-state index < -0.39 is 50.1 Å². The highest BCUT2D eigenvalue weighted by molar-refractivity contribution is 9.10. The predicted octanol–water partition coefficient (Wildman–Crippen LogP) is 6.10. The Balaban J connectivity index is 3.50. The number of hydrogen-bond donors (Lipinski definition) is 0. The van der Waals surface area contributed by atoms with Crippen LogP contribution in [0.5, 0.6) is 0 Å². The van der Waals surface area contributed by atoms with E-state index in [2.05, 4.69) is 15.9 Å². The zero-order chi connectivity index (χ0) is 15.9. The molecule has 0 bridgehead atoms. The van der Waals surface area contributed by atoms with Crippen LogP contribution in [0.4, 0.5) is 39.5 Å². The van der Waals surface area contributed by atoms with Crippen LogP contribution in [-0.2, 0) is 12.4 Å². The van der Waals surface area contributed by atoms with E-state index in [1.165, 1.54) is 0 Å². The monoisotopic (exact) mass is 392 g/mol. The molecule has 0 unspecified atom stereocenters. The van der Waals surface area contributed by atoms with Gasteiger partial charge in [0.1, 0.15) is 0 Å². The molecule has 0 atom stereocenters. The van der Waals surface area contributed by atoms with Gasteiger partial charge < -0.3 is 0 Å². The van der Waals surface area contributed by atoms with Crippen molar-refractivity contribution in [2.45, 2.75) is 22.8 Å². The molecule has 20 heavy (non-hydrogen) atoms. The lowest BCUT2D eigenvalue weighted by atomic mass is 10.1. The first-order valence-corrected chi connectivity index (χ1v) is 6.06. The van der Waals surface area contributed by atoms with Gasteiger partial charge in [0, 0.05) is 9.37 Å².